The second kappa shape index (κ2) is 3.37. The SMILES string of the molecule is C=CCC1CC(C)=CC(=O)N1. The molecule has 0 fully saturated rings. The van der Waals surface area contributed by atoms with Crippen molar-refractivity contribution in [3.63, 3.8) is 0 Å². The van der Waals surface area contributed by atoms with E-state index in [4.69, 9.17) is 0 Å². The van der Waals surface area contributed by atoms with Gasteiger partial charge >= 0.3 is 0 Å². The highest BCUT2D eigenvalue weighted by atomic mass is 16.1. The maximum absolute atomic E-state index is 10.9. The van der Waals surface area contributed by atoms with Crippen LogP contribution in [0.4, 0.5) is 0 Å². The lowest BCUT2D eigenvalue weighted by Gasteiger charge is -2.20. The Morgan fingerprint density at radius 3 is 3.18 bits per heavy atom. The first-order valence-electron chi connectivity index (χ1n) is 3.81. The first kappa shape index (κ1) is 8.05. The molecule has 1 N–H and O–H groups in total. The van der Waals surface area contributed by atoms with E-state index in [0.29, 0.717) is 0 Å². The van der Waals surface area contributed by atoms with E-state index in [1.807, 2.05) is 13.0 Å². The largest absolute Gasteiger partial charge is 0.349 e. The monoisotopic (exact) mass is 151 g/mol. The first-order chi connectivity index (χ1) is 5.22. The van der Waals surface area contributed by atoms with Gasteiger partial charge in [0.05, 0.1) is 0 Å². The van der Waals surface area contributed by atoms with Crippen molar-refractivity contribution in [2.45, 2.75) is 25.8 Å². The molecule has 1 amide bonds. The van der Waals surface area contributed by atoms with Crippen molar-refractivity contribution in [3.8, 4) is 0 Å². The molecule has 0 saturated heterocycles. The quantitative estimate of drug-likeness (QED) is 0.594. The Morgan fingerprint density at radius 2 is 2.64 bits per heavy atom. The van der Waals surface area contributed by atoms with E-state index in [9.17, 15) is 4.79 Å². The molecule has 2 nitrogen and oxygen atoms in total. The van der Waals surface area contributed by atoms with Crippen LogP contribution in [0.2, 0.25) is 0 Å². The third-order valence-electron chi connectivity index (χ3n) is 1.74. The number of carbonyl (C=O) groups excluding carboxylic acids is 1. The van der Waals surface area contributed by atoms with Crippen LogP contribution in [0.3, 0.4) is 0 Å². The van der Waals surface area contributed by atoms with Crippen LogP contribution < -0.4 is 5.32 Å². The van der Waals surface area contributed by atoms with Gasteiger partial charge in [0.25, 0.3) is 0 Å². The zero-order valence-corrected chi connectivity index (χ0v) is 6.76. The summed E-state index contributed by atoms with van der Waals surface area (Å²) in [5.41, 5.74) is 1.15. The van der Waals surface area contributed by atoms with E-state index < -0.39 is 0 Å². The molecule has 1 aliphatic heterocycles. The Labute approximate surface area is 67.0 Å². The summed E-state index contributed by atoms with van der Waals surface area (Å²) in [4.78, 5) is 10.9. The van der Waals surface area contributed by atoms with Crippen LogP contribution in [0.15, 0.2) is 24.3 Å². The molecule has 1 unspecified atom stereocenters. The summed E-state index contributed by atoms with van der Waals surface area (Å²) in [5, 5.41) is 2.86. The Bertz CT molecular complexity index is 206. The third kappa shape index (κ3) is 2.22. The van der Waals surface area contributed by atoms with E-state index in [2.05, 4.69) is 11.9 Å². The molecule has 0 aromatic heterocycles. The molecule has 0 bridgehead atoms. The number of hydrogen-bond donors (Lipinski definition) is 1. The molecule has 2 heteroatoms. The van der Waals surface area contributed by atoms with Crippen molar-refractivity contribution in [1.82, 2.24) is 5.32 Å². The lowest BCUT2D eigenvalue weighted by Crippen LogP contribution is -2.36. The van der Waals surface area contributed by atoms with Gasteiger partial charge in [-0.05, 0) is 19.8 Å². The van der Waals surface area contributed by atoms with Gasteiger partial charge < -0.3 is 5.32 Å². The van der Waals surface area contributed by atoms with E-state index in [0.717, 1.165) is 18.4 Å². The average Bonchev–Trinajstić information content (AvgIpc) is 1.85. The lowest BCUT2D eigenvalue weighted by atomic mass is 10.0. The van der Waals surface area contributed by atoms with Gasteiger partial charge in [0.2, 0.25) is 5.91 Å². The number of rotatable bonds is 2. The summed E-state index contributed by atoms with van der Waals surface area (Å²) in [6.45, 7) is 5.62. The van der Waals surface area contributed by atoms with Crippen molar-refractivity contribution in [3.05, 3.63) is 24.3 Å². The zero-order chi connectivity index (χ0) is 8.27. The normalized spacial score (nSPS) is 23.9. The molecule has 0 saturated carbocycles. The van der Waals surface area contributed by atoms with Gasteiger partial charge in [-0.15, -0.1) is 6.58 Å². The smallest absolute Gasteiger partial charge is 0.244 e. The van der Waals surface area contributed by atoms with Crippen LogP contribution in [0.5, 0.6) is 0 Å². The highest BCUT2D eigenvalue weighted by molar-refractivity contribution is 5.89. The molecule has 0 aromatic carbocycles. The number of hydrogen-bond acceptors (Lipinski definition) is 1. The van der Waals surface area contributed by atoms with Crippen LogP contribution in [0, 0.1) is 0 Å². The molecule has 11 heavy (non-hydrogen) atoms. The molecule has 0 aromatic rings. The highest BCUT2D eigenvalue weighted by Crippen LogP contribution is 2.12. The molecular formula is C9H13NO. The van der Waals surface area contributed by atoms with Crippen LogP contribution in [0.25, 0.3) is 0 Å². The molecule has 60 valence electrons. The van der Waals surface area contributed by atoms with Crippen molar-refractivity contribution in [1.29, 1.82) is 0 Å². The molecule has 0 radical (unpaired) electrons. The fraction of sp³-hybridized carbons (Fsp3) is 0.444. The summed E-state index contributed by atoms with van der Waals surface area (Å²) in [6, 6.07) is 0.269. The van der Waals surface area contributed by atoms with E-state index in [1.165, 1.54) is 0 Å². The summed E-state index contributed by atoms with van der Waals surface area (Å²) < 4.78 is 0. The van der Waals surface area contributed by atoms with Crippen LogP contribution >= 0.6 is 0 Å². The van der Waals surface area contributed by atoms with Crippen LogP contribution in [-0.2, 0) is 4.79 Å². The maximum Gasteiger partial charge on any atom is 0.244 e. The summed E-state index contributed by atoms with van der Waals surface area (Å²) in [6.07, 6.45) is 5.30. The van der Waals surface area contributed by atoms with Gasteiger partial charge in [-0.2, -0.15) is 0 Å². The molecule has 0 aliphatic carbocycles. The first-order valence-corrected chi connectivity index (χ1v) is 3.81. The Balaban J connectivity index is 2.56. The lowest BCUT2D eigenvalue weighted by molar-refractivity contribution is -0.117. The topological polar surface area (TPSA) is 29.1 Å². The van der Waals surface area contributed by atoms with Gasteiger partial charge in [0.1, 0.15) is 0 Å². The minimum absolute atomic E-state index is 0.0283. The van der Waals surface area contributed by atoms with Gasteiger partial charge in [-0.3, -0.25) is 4.79 Å². The Kier molecular flexibility index (Phi) is 2.47. The number of nitrogens with one attached hydrogen (secondary N) is 1. The minimum Gasteiger partial charge on any atom is -0.349 e. The van der Waals surface area contributed by atoms with Crippen molar-refractivity contribution >= 4 is 5.91 Å². The fourth-order valence-electron chi connectivity index (χ4n) is 1.31. The molecule has 1 atom stereocenters. The minimum atomic E-state index is 0.0283. The van der Waals surface area contributed by atoms with Gasteiger partial charge in [-0.25, -0.2) is 0 Å². The van der Waals surface area contributed by atoms with Crippen molar-refractivity contribution in [2.24, 2.45) is 0 Å². The van der Waals surface area contributed by atoms with E-state index in [-0.39, 0.29) is 11.9 Å². The second-order valence-corrected chi connectivity index (χ2v) is 2.92. The third-order valence-corrected chi connectivity index (χ3v) is 1.74. The van der Waals surface area contributed by atoms with Gasteiger partial charge in [-0.1, -0.05) is 11.6 Å². The number of amides is 1. The predicted molar refractivity (Wildman–Crippen MR) is 45.1 cm³/mol. The van der Waals surface area contributed by atoms with Crippen molar-refractivity contribution < 1.29 is 4.79 Å². The van der Waals surface area contributed by atoms with Gasteiger partial charge in [0.15, 0.2) is 0 Å². The summed E-state index contributed by atoms with van der Waals surface area (Å²) in [5.74, 6) is 0.0283. The van der Waals surface area contributed by atoms with E-state index in [1.54, 1.807) is 6.08 Å². The molecule has 0 spiro atoms. The maximum atomic E-state index is 10.9. The molecular weight excluding hydrogens is 138 g/mol. The van der Waals surface area contributed by atoms with Crippen LogP contribution in [0.1, 0.15) is 19.8 Å². The summed E-state index contributed by atoms with van der Waals surface area (Å²) >= 11 is 0. The average molecular weight is 151 g/mol. The standard InChI is InChI=1S/C9H13NO/c1-3-4-8-5-7(2)6-9(11)10-8/h3,6,8H,1,4-5H2,2H3,(H,10,11). The van der Waals surface area contributed by atoms with Gasteiger partial charge in [0, 0.05) is 12.1 Å². The predicted octanol–water partition coefficient (Wildman–Crippen LogP) is 1.40. The molecule has 1 rings (SSSR count). The Hall–Kier alpha value is -1.05. The molecule has 1 aliphatic rings. The zero-order valence-electron chi connectivity index (χ0n) is 6.76. The highest BCUT2D eigenvalue weighted by Gasteiger charge is 2.14. The Morgan fingerprint density at radius 1 is 1.91 bits per heavy atom. The van der Waals surface area contributed by atoms with Crippen molar-refractivity contribution in [2.75, 3.05) is 0 Å². The fourth-order valence-corrected chi connectivity index (χ4v) is 1.31. The molecule has 1 heterocycles. The second-order valence-electron chi connectivity index (χ2n) is 2.92. The number of carbonyl (C=O) groups is 1. The summed E-state index contributed by atoms with van der Waals surface area (Å²) in [7, 11) is 0. The van der Waals surface area contributed by atoms with Crippen LogP contribution in [-0.4, -0.2) is 11.9 Å². The van der Waals surface area contributed by atoms with E-state index >= 15 is 0 Å².